The van der Waals surface area contributed by atoms with E-state index >= 15 is 0 Å². The quantitative estimate of drug-likeness (QED) is 0.428. The van der Waals surface area contributed by atoms with Gasteiger partial charge in [-0.2, -0.15) is 0 Å². The van der Waals surface area contributed by atoms with Gasteiger partial charge in [-0.1, -0.05) is 11.6 Å². The van der Waals surface area contributed by atoms with E-state index in [0.717, 1.165) is 12.1 Å². The van der Waals surface area contributed by atoms with E-state index in [1.807, 2.05) is 0 Å². The first kappa shape index (κ1) is 24.2. The minimum absolute atomic E-state index is 0.00210. The van der Waals surface area contributed by atoms with Crippen molar-refractivity contribution in [3.8, 4) is 11.3 Å². The number of carboxylic acids is 1. The van der Waals surface area contributed by atoms with Gasteiger partial charge >= 0.3 is 5.97 Å². The van der Waals surface area contributed by atoms with Crippen LogP contribution in [-0.4, -0.2) is 39.6 Å². The average molecular weight is 519 g/mol. The van der Waals surface area contributed by atoms with Crippen molar-refractivity contribution in [3.05, 3.63) is 81.4 Å². The monoisotopic (exact) mass is 518 g/mol. The minimum Gasteiger partial charge on any atom is -0.478 e. The molecule has 4 rings (SSSR count). The molecule has 0 unspecified atom stereocenters. The highest BCUT2D eigenvalue weighted by Gasteiger charge is 2.36. The van der Waals surface area contributed by atoms with Gasteiger partial charge in [-0.3, -0.25) is 19.3 Å². The molecule has 178 valence electrons. The molecule has 0 spiro atoms. The largest absolute Gasteiger partial charge is 0.478 e. The van der Waals surface area contributed by atoms with Gasteiger partial charge in [-0.25, -0.2) is 13.6 Å². The summed E-state index contributed by atoms with van der Waals surface area (Å²) in [6.07, 6.45) is 1.29. The predicted molar refractivity (Wildman–Crippen MR) is 124 cm³/mol. The number of amides is 3. The topological polar surface area (TPSA) is 117 Å². The molecular formula is C23H13ClF2N2O6S. The Morgan fingerprint density at radius 3 is 2.60 bits per heavy atom. The molecule has 1 aliphatic heterocycles. The summed E-state index contributed by atoms with van der Waals surface area (Å²) in [4.78, 5) is 49.0. The van der Waals surface area contributed by atoms with Crippen LogP contribution in [0.1, 0.15) is 16.1 Å². The van der Waals surface area contributed by atoms with E-state index in [1.54, 1.807) is 0 Å². The van der Waals surface area contributed by atoms with Gasteiger partial charge in [0.2, 0.25) is 5.91 Å². The summed E-state index contributed by atoms with van der Waals surface area (Å²) in [7, 11) is 0. The Hall–Kier alpha value is -3.96. The lowest BCUT2D eigenvalue weighted by atomic mass is 10.1. The number of hydrogen-bond acceptors (Lipinski definition) is 6. The minimum atomic E-state index is -1.14. The maximum atomic E-state index is 13.7. The van der Waals surface area contributed by atoms with Crippen LogP contribution in [0.25, 0.3) is 17.4 Å². The van der Waals surface area contributed by atoms with Gasteiger partial charge in [-0.05, 0) is 54.2 Å². The Morgan fingerprint density at radius 2 is 1.89 bits per heavy atom. The number of hydrogen-bond donors (Lipinski definition) is 2. The van der Waals surface area contributed by atoms with Gasteiger partial charge in [0, 0.05) is 17.7 Å². The third-order valence-corrected chi connectivity index (χ3v) is 6.00. The Bertz CT molecular complexity index is 1420. The lowest BCUT2D eigenvalue weighted by molar-refractivity contribution is -0.127. The highest BCUT2D eigenvalue weighted by molar-refractivity contribution is 8.18. The van der Waals surface area contributed by atoms with E-state index in [2.05, 4.69) is 5.32 Å². The van der Waals surface area contributed by atoms with Crippen molar-refractivity contribution in [1.82, 2.24) is 4.90 Å². The fourth-order valence-electron chi connectivity index (χ4n) is 3.11. The number of anilines is 1. The van der Waals surface area contributed by atoms with Crippen molar-refractivity contribution in [1.29, 1.82) is 0 Å². The Labute approximate surface area is 205 Å². The summed E-state index contributed by atoms with van der Waals surface area (Å²) < 4.78 is 32.4. The molecule has 1 fully saturated rings. The van der Waals surface area contributed by atoms with Crippen molar-refractivity contribution in [3.63, 3.8) is 0 Å². The van der Waals surface area contributed by atoms with E-state index < -0.39 is 41.2 Å². The molecule has 1 aromatic heterocycles. The van der Waals surface area contributed by atoms with Crippen LogP contribution < -0.4 is 5.32 Å². The molecule has 3 aromatic rings. The number of thioether (sulfide) groups is 1. The number of furan rings is 1. The van der Waals surface area contributed by atoms with Gasteiger partial charge in [0.15, 0.2) is 0 Å². The molecule has 2 aromatic carbocycles. The smallest absolute Gasteiger partial charge is 0.335 e. The van der Waals surface area contributed by atoms with Crippen LogP contribution in [0.4, 0.5) is 19.3 Å². The van der Waals surface area contributed by atoms with Crippen molar-refractivity contribution in [2.24, 2.45) is 0 Å². The highest BCUT2D eigenvalue weighted by Crippen LogP contribution is 2.35. The fraction of sp³-hybridized carbons (Fsp3) is 0.0435. The van der Waals surface area contributed by atoms with Crippen molar-refractivity contribution in [2.75, 3.05) is 11.9 Å². The first-order chi connectivity index (χ1) is 16.6. The van der Waals surface area contributed by atoms with Crippen LogP contribution in [0.15, 0.2) is 57.9 Å². The third-order valence-electron chi connectivity index (χ3n) is 4.76. The van der Waals surface area contributed by atoms with Gasteiger partial charge in [0.05, 0.1) is 21.2 Å². The molecule has 0 saturated carbocycles. The maximum Gasteiger partial charge on any atom is 0.335 e. The molecule has 8 nitrogen and oxygen atoms in total. The van der Waals surface area contributed by atoms with Crippen molar-refractivity contribution in [2.45, 2.75) is 0 Å². The second-order valence-corrected chi connectivity index (χ2v) is 8.54. The Balaban J connectivity index is 1.49. The lowest BCUT2D eigenvalue weighted by Gasteiger charge is -2.12. The number of carboxylic acid groups (broad SMARTS) is 1. The third kappa shape index (κ3) is 5.26. The normalized spacial score (nSPS) is 14.6. The number of carbonyl (C=O) groups excluding carboxylic acids is 3. The van der Waals surface area contributed by atoms with Gasteiger partial charge in [0.25, 0.3) is 11.1 Å². The number of rotatable bonds is 6. The number of benzene rings is 2. The summed E-state index contributed by atoms with van der Waals surface area (Å²) in [6.45, 7) is -0.681. The number of carbonyl (C=O) groups is 4. The van der Waals surface area contributed by atoms with Crippen molar-refractivity contribution >= 4 is 58.1 Å². The van der Waals surface area contributed by atoms with Gasteiger partial charge < -0.3 is 14.8 Å². The van der Waals surface area contributed by atoms with E-state index in [4.69, 9.17) is 21.1 Å². The summed E-state index contributed by atoms with van der Waals surface area (Å²) in [5, 5.41) is 10.9. The maximum absolute atomic E-state index is 13.7. The molecule has 0 radical (unpaired) electrons. The standard InChI is InChI=1S/C23H13ClF2N2O6S/c24-15-4-1-11(22(31)32)7-14(15)18-6-3-13(34-18)9-19-21(30)28(23(33)35-19)10-20(29)27-17-5-2-12(25)8-16(17)26/h1-9H,10H2,(H,27,29)(H,31,32)/b19-9-. The first-order valence-electron chi connectivity index (χ1n) is 9.75. The summed E-state index contributed by atoms with van der Waals surface area (Å²) in [5.74, 6) is -4.17. The molecule has 0 aliphatic carbocycles. The lowest BCUT2D eigenvalue weighted by Crippen LogP contribution is -2.36. The molecule has 1 aliphatic rings. The number of nitrogens with zero attached hydrogens (tertiary/aromatic N) is 1. The zero-order valence-electron chi connectivity index (χ0n) is 17.4. The zero-order chi connectivity index (χ0) is 25.3. The highest BCUT2D eigenvalue weighted by atomic mass is 35.5. The molecule has 35 heavy (non-hydrogen) atoms. The van der Waals surface area contributed by atoms with E-state index in [0.29, 0.717) is 28.3 Å². The summed E-state index contributed by atoms with van der Waals surface area (Å²) in [6, 6.07) is 9.66. The molecule has 2 N–H and O–H groups in total. The Kier molecular flexibility index (Phi) is 6.72. The molecule has 2 heterocycles. The molecule has 0 atom stereocenters. The number of aromatic carboxylic acids is 1. The molecule has 12 heteroatoms. The summed E-state index contributed by atoms with van der Waals surface area (Å²) >= 11 is 6.72. The average Bonchev–Trinajstić information content (AvgIpc) is 3.36. The van der Waals surface area contributed by atoms with Crippen molar-refractivity contribution < 1.29 is 37.5 Å². The number of halogens is 3. The van der Waals surface area contributed by atoms with E-state index in [-0.39, 0.29) is 32.7 Å². The van der Waals surface area contributed by atoms with Gasteiger partial charge in [0.1, 0.15) is 29.7 Å². The van der Waals surface area contributed by atoms with Crippen LogP contribution in [0.5, 0.6) is 0 Å². The SMILES string of the molecule is O=C(CN1C(=O)S/C(=C\c2ccc(-c3cc(C(=O)O)ccc3Cl)o2)C1=O)Nc1ccc(F)cc1F. The van der Waals surface area contributed by atoms with Crippen LogP contribution in [-0.2, 0) is 9.59 Å². The molecule has 1 saturated heterocycles. The molecule has 3 amide bonds. The molecular weight excluding hydrogens is 506 g/mol. The van der Waals surface area contributed by atoms with E-state index in [9.17, 15) is 28.0 Å². The van der Waals surface area contributed by atoms with Crippen LogP contribution >= 0.6 is 23.4 Å². The summed E-state index contributed by atoms with van der Waals surface area (Å²) in [5.41, 5.74) is 0.0268. The molecule has 0 bridgehead atoms. The fourth-order valence-corrected chi connectivity index (χ4v) is 4.14. The second kappa shape index (κ2) is 9.72. The van der Waals surface area contributed by atoms with Crippen LogP contribution in [0.2, 0.25) is 5.02 Å². The Morgan fingerprint density at radius 1 is 1.11 bits per heavy atom. The number of nitrogens with one attached hydrogen (secondary N) is 1. The predicted octanol–water partition coefficient (Wildman–Crippen LogP) is 5.25. The van der Waals surface area contributed by atoms with Crippen LogP contribution in [0.3, 0.4) is 0 Å². The number of imide groups is 1. The van der Waals surface area contributed by atoms with Crippen LogP contribution in [0, 0.1) is 11.6 Å². The van der Waals surface area contributed by atoms with Gasteiger partial charge in [-0.15, -0.1) is 0 Å². The zero-order valence-corrected chi connectivity index (χ0v) is 19.0. The first-order valence-corrected chi connectivity index (χ1v) is 10.9. The second-order valence-electron chi connectivity index (χ2n) is 7.14. The van der Waals surface area contributed by atoms with E-state index in [1.165, 1.54) is 36.4 Å².